The molecule has 0 amide bonds. The van der Waals surface area contributed by atoms with Gasteiger partial charge in [0, 0.05) is 30.9 Å². The van der Waals surface area contributed by atoms with Crippen LogP contribution in [0, 0.1) is 0 Å². The number of aliphatic carboxylic acids is 1. The van der Waals surface area contributed by atoms with Gasteiger partial charge in [-0.05, 0) is 19.1 Å². The molecule has 17 heavy (non-hydrogen) atoms. The second kappa shape index (κ2) is 5.19. The molecule has 92 valence electrons. The highest BCUT2D eigenvalue weighted by atomic mass is 16.4. The van der Waals surface area contributed by atoms with Gasteiger partial charge in [-0.15, -0.1) is 0 Å². The van der Waals surface area contributed by atoms with Crippen molar-refractivity contribution >= 4 is 11.7 Å². The molecule has 1 aromatic carbocycles. The van der Waals surface area contributed by atoms with Crippen LogP contribution in [0.2, 0.25) is 0 Å². The van der Waals surface area contributed by atoms with E-state index in [0.717, 1.165) is 18.8 Å². The lowest BCUT2D eigenvalue weighted by Gasteiger charge is -2.40. The number of piperazine rings is 1. The van der Waals surface area contributed by atoms with Crippen LogP contribution in [0.15, 0.2) is 30.3 Å². The molecule has 1 heterocycles. The summed E-state index contributed by atoms with van der Waals surface area (Å²) in [6.07, 6.45) is 0.177. The van der Waals surface area contributed by atoms with Crippen molar-refractivity contribution in [2.75, 3.05) is 18.0 Å². The van der Waals surface area contributed by atoms with Crippen molar-refractivity contribution in [3.05, 3.63) is 30.3 Å². The van der Waals surface area contributed by atoms with Gasteiger partial charge in [-0.1, -0.05) is 18.2 Å². The molecule has 2 unspecified atom stereocenters. The van der Waals surface area contributed by atoms with E-state index in [-0.39, 0.29) is 12.5 Å². The Morgan fingerprint density at radius 2 is 2.18 bits per heavy atom. The minimum absolute atomic E-state index is 0.0314. The molecule has 1 aliphatic heterocycles. The van der Waals surface area contributed by atoms with E-state index in [4.69, 9.17) is 5.11 Å². The molecule has 2 atom stereocenters. The van der Waals surface area contributed by atoms with Crippen molar-refractivity contribution in [2.45, 2.75) is 25.4 Å². The number of nitrogens with one attached hydrogen (secondary N) is 1. The van der Waals surface area contributed by atoms with Gasteiger partial charge >= 0.3 is 5.97 Å². The summed E-state index contributed by atoms with van der Waals surface area (Å²) >= 11 is 0. The Labute approximate surface area is 101 Å². The van der Waals surface area contributed by atoms with Crippen molar-refractivity contribution in [3.63, 3.8) is 0 Å². The Kier molecular flexibility index (Phi) is 3.64. The first kappa shape index (κ1) is 11.9. The second-order valence-electron chi connectivity index (χ2n) is 4.54. The summed E-state index contributed by atoms with van der Waals surface area (Å²) in [4.78, 5) is 13.0. The van der Waals surface area contributed by atoms with Gasteiger partial charge in [0.05, 0.1) is 6.42 Å². The molecular formula is C13H18N2O2. The lowest BCUT2D eigenvalue weighted by molar-refractivity contribution is -0.137. The van der Waals surface area contributed by atoms with E-state index in [0.29, 0.717) is 6.04 Å². The highest BCUT2D eigenvalue weighted by molar-refractivity contribution is 5.67. The summed E-state index contributed by atoms with van der Waals surface area (Å²) < 4.78 is 0. The van der Waals surface area contributed by atoms with Gasteiger partial charge in [-0.25, -0.2) is 0 Å². The van der Waals surface area contributed by atoms with Gasteiger partial charge < -0.3 is 15.3 Å². The SMILES string of the molecule is CC1CNC(CC(=O)O)CN1c1ccccc1. The van der Waals surface area contributed by atoms with Crippen LogP contribution in [0.1, 0.15) is 13.3 Å². The molecule has 2 rings (SSSR count). The minimum atomic E-state index is -0.745. The standard InChI is InChI=1S/C13H18N2O2/c1-10-8-14-11(7-13(16)17)9-15(10)12-5-3-2-4-6-12/h2-6,10-11,14H,7-9H2,1H3,(H,16,17). The summed E-state index contributed by atoms with van der Waals surface area (Å²) in [5.41, 5.74) is 1.16. The molecule has 0 aliphatic carbocycles. The fourth-order valence-electron chi connectivity index (χ4n) is 2.26. The van der Waals surface area contributed by atoms with E-state index >= 15 is 0 Å². The largest absolute Gasteiger partial charge is 0.481 e. The van der Waals surface area contributed by atoms with E-state index in [1.165, 1.54) is 0 Å². The third-order valence-electron chi connectivity index (χ3n) is 3.16. The van der Waals surface area contributed by atoms with Crippen LogP contribution in [0.3, 0.4) is 0 Å². The van der Waals surface area contributed by atoms with E-state index in [9.17, 15) is 4.79 Å². The molecule has 1 aliphatic rings. The smallest absolute Gasteiger partial charge is 0.304 e. The molecule has 4 nitrogen and oxygen atoms in total. The molecule has 2 N–H and O–H groups in total. The molecule has 4 heteroatoms. The van der Waals surface area contributed by atoms with E-state index in [1.54, 1.807) is 0 Å². The number of rotatable bonds is 3. The second-order valence-corrected chi connectivity index (χ2v) is 4.54. The maximum atomic E-state index is 10.7. The summed E-state index contributed by atoms with van der Waals surface area (Å²) in [6, 6.07) is 10.6. The van der Waals surface area contributed by atoms with Crippen molar-refractivity contribution < 1.29 is 9.90 Å². The molecule has 0 aromatic heterocycles. The highest BCUT2D eigenvalue weighted by Crippen LogP contribution is 2.19. The Bertz CT molecular complexity index is 380. The van der Waals surface area contributed by atoms with Gasteiger partial charge in [0.15, 0.2) is 0 Å². The fraction of sp³-hybridized carbons (Fsp3) is 0.462. The third-order valence-corrected chi connectivity index (χ3v) is 3.16. The molecular weight excluding hydrogens is 216 g/mol. The first-order valence-corrected chi connectivity index (χ1v) is 5.93. The number of carbonyl (C=O) groups is 1. The molecule has 1 fully saturated rings. The maximum absolute atomic E-state index is 10.7. The predicted molar refractivity (Wildman–Crippen MR) is 67.3 cm³/mol. The van der Waals surface area contributed by atoms with Crippen molar-refractivity contribution in [1.29, 1.82) is 0 Å². The fourth-order valence-corrected chi connectivity index (χ4v) is 2.26. The van der Waals surface area contributed by atoms with Crippen molar-refractivity contribution in [1.82, 2.24) is 5.32 Å². The Morgan fingerprint density at radius 1 is 1.47 bits per heavy atom. The number of anilines is 1. The molecule has 0 radical (unpaired) electrons. The van der Waals surface area contributed by atoms with Crippen molar-refractivity contribution in [2.24, 2.45) is 0 Å². The van der Waals surface area contributed by atoms with Gasteiger partial charge in [0.25, 0.3) is 0 Å². The summed E-state index contributed by atoms with van der Waals surface area (Å²) in [5, 5.41) is 12.1. The van der Waals surface area contributed by atoms with Crippen LogP contribution in [0.5, 0.6) is 0 Å². The first-order valence-electron chi connectivity index (χ1n) is 5.93. The number of para-hydroxylation sites is 1. The van der Waals surface area contributed by atoms with E-state index < -0.39 is 5.97 Å². The summed E-state index contributed by atoms with van der Waals surface area (Å²) in [7, 11) is 0. The topological polar surface area (TPSA) is 52.6 Å². The molecule has 0 spiro atoms. The van der Waals surface area contributed by atoms with Crippen LogP contribution in [0.25, 0.3) is 0 Å². The third kappa shape index (κ3) is 2.97. The van der Waals surface area contributed by atoms with E-state index in [2.05, 4.69) is 29.3 Å². The number of nitrogens with zero attached hydrogens (tertiary/aromatic N) is 1. The summed E-state index contributed by atoms with van der Waals surface area (Å²) in [5.74, 6) is -0.745. The van der Waals surface area contributed by atoms with Crippen LogP contribution in [-0.2, 0) is 4.79 Å². The number of carboxylic acid groups (broad SMARTS) is 1. The van der Waals surface area contributed by atoms with E-state index in [1.807, 2.05) is 18.2 Å². The van der Waals surface area contributed by atoms with Gasteiger partial charge in [0.2, 0.25) is 0 Å². The minimum Gasteiger partial charge on any atom is -0.481 e. The maximum Gasteiger partial charge on any atom is 0.304 e. The zero-order valence-corrected chi connectivity index (χ0v) is 9.97. The molecule has 0 saturated carbocycles. The number of hydrogen-bond donors (Lipinski definition) is 2. The van der Waals surface area contributed by atoms with Crippen LogP contribution in [-0.4, -0.2) is 36.2 Å². The molecule has 1 aromatic rings. The molecule has 0 bridgehead atoms. The van der Waals surface area contributed by atoms with Gasteiger partial charge in [-0.3, -0.25) is 4.79 Å². The van der Waals surface area contributed by atoms with Crippen LogP contribution in [0.4, 0.5) is 5.69 Å². The Morgan fingerprint density at radius 3 is 2.82 bits per heavy atom. The Hall–Kier alpha value is -1.55. The predicted octanol–water partition coefficient (Wildman–Crippen LogP) is 1.33. The van der Waals surface area contributed by atoms with Gasteiger partial charge in [-0.2, -0.15) is 0 Å². The average Bonchev–Trinajstić information content (AvgIpc) is 2.32. The number of carboxylic acids is 1. The lowest BCUT2D eigenvalue weighted by Crippen LogP contribution is -2.56. The summed E-state index contributed by atoms with van der Waals surface area (Å²) in [6.45, 7) is 3.72. The number of benzene rings is 1. The highest BCUT2D eigenvalue weighted by Gasteiger charge is 2.26. The first-order chi connectivity index (χ1) is 8.16. The van der Waals surface area contributed by atoms with Crippen molar-refractivity contribution in [3.8, 4) is 0 Å². The molecule has 1 saturated heterocycles. The average molecular weight is 234 g/mol. The quantitative estimate of drug-likeness (QED) is 0.828. The number of hydrogen-bond acceptors (Lipinski definition) is 3. The lowest BCUT2D eigenvalue weighted by atomic mass is 10.1. The Balaban J connectivity index is 2.07. The monoisotopic (exact) mass is 234 g/mol. The van der Waals surface area contributed by atoms with Crippen LogP contribution >= 0.6 is 0 Å². The van der Waals surface area contributed by atoms with Gasteiger partial charge in [0.1, 0.15) is 0 Å². The van der Waals surface area contributed by atoms with Crippen LogP contribution < -0.4 is 10.2 Å². The normalized spacial score (nSPS) is 24.6. The zero-order valence-electron chi connectivity index (χ0n) is 9.97. The zero-order chi connectivity index (χ0) is 12.3.